The Morgan fingerprint density at radius 1 is 0.933 bits per heavy atom. The molecule has 2 heterocycles. The van der Waals surface area contributed by atoms with Crippen molar-refractivity contribution in [1.29, 1.82) is 0 Å². The van der Waals surface area contributed by atoms with Crippen LogP contribution >= 0.6 is 23.2 Å². The van der Waals surface area contributed by atoms with Gasteiger partial charge in [0.15, 0.2) is 0 Å². The first kappa shape index (κ1) is 21.1. The van der Waals surface area contributed by atoms with Crippen LogP contribution in [0.15, 0.2) is 54.6 Å². The van der Waals surface area contributed by atoms with Gasteiger partial charge in [0, 0.05) is 32.7 Å². The van der Waals surface area contributed by atoms with Gasteiger partial charge in [-0.15, -0.1) is 0 Å². The average Bonchev–Trinajstić information content (AvgIpc) is 3.05. The highest BCUT2D eigenvalue weighted by atomic mass is 35.5. The lowest BCUT2D eigenvalue weighted by Crippen LogP contribution is -2.52. The number of imide groups is 1. The van der Waals surface area contributed by atoms with E-state index in [-0.39, 0.29) is 18.2 Å². The number of hydrogen-bond donors (Lipinski definition) is 0. The molecule has 2 aliphatic rings. The Balaban J connectivity index is 1.33. The van der Waals surface area contributed by atoms with E-state index in [1.54, 1.807) is 18.2 Å². The molecule has 2 saturated heterocycles. The summed E-state index contributed by atoms with van der Waals surface area (Å²) in [7, 11) is 0. The van der Waals surface area contributed by atoms with Gasteiger partial charge in [-0.05, 0) is 23.8 Å². The number of hydrogen-bond acceptors (Lipinski definition) is 4. The number of nitrogens with zero attached hydrogens (tertiary/aromatic N) is 3. The van der Waals surface area contributed by atoms with E-state index in [0.29, 0.717) is 15.7 Å². The zero-order valence-electron chi connectivity index (χ0n) is 16.5. The maximum Gasteiger partial charge on any atom is 0.251 e. The summed E-state index contributed by atoms with van der Waals surface area (Å²) in [5, 5.41) is 0.726. The molecule has 2 aromatic carbocycles. The van der Waals surface area contributed by atoms with Gasteiger partial charge in [-0.1, -0.05) is 65.7 Å². The molecule has 0 aliphatic carbocycles. The van der Waals surface area contributed by atoms with Crippen LogP contribution in [-0.4, -0.2) is 60.4 Å². The molecule has 0 spiro atoms. The molecule has 0 radical (unpaired) electrons. The second kappa shape index (κ2) is 9.31. The summed E-state index contributed by atoms with van der Waals surface area (Å²) in [6.45, 7) is 4.12. The number of benzene rings is 2. The summed E-state index contributed by atoms with van der Waals surface area (Å²) in [4.78, 5) is 31.3. The van der Waals surface area contributed by atoms with Crippen molar-refractivity contribution in [3.63, 3.8) is 0 Å². The highest BCUT2D eigenvalue weighted by molar-refractivity contribution is 6.42. The van der Waals surface area contributed by atoms with Crippen molar-refractivity contribution in [3.05, 3.63) is 70.2 Å². The molecular formula is C23H23Cl2N3O2. The van der Waals surface area contributed by atoms with E-state index in [1.165, 1.54) is 10.5 Å². The number of carbonyl (C=O) groups excluding carboxylic acids is 2. The first-order valence-corrected chi connectivity index (χ1v) is 10.8. The van der Waals surface area contributed by atoms with Crippen LogP contribution in [0.2, 0.25) is 10.0 Å². The van der Waals surface area contributed by atoms with Crippen LogP contribution in [0.1, 0.15) is 12.0 Å². The Morgan fingerprint density at radius 2 is 1.67 bits per heavy atom. The van der Waals surface area contributed by atoms with E-state index >= 15 is 0 Å². The number of halogens is 2. The average molecular weight is 444 g/mol. The summed E-state index contributed by atoms with van der Waals surface area (Å²) >= 11 is 12.0. The number of carbonyl (C=O) groups is 2. The molecule has 156 valence electrons. The standard InChI is InChI=1S/C23H23Cl2N3O2/c24-19-9-8-18(15-20(19)25)28-22(29)16-21(23(28)30)27-13-11-26(12-14-27)10-4-7-17-5-2-1-3-6-17/h1-9,15,21H,10-14,16H2/b7-4+/t21-/m1/s1. The van der Waals surface area contributed by atoms with E-state index in [2.05, 4.69) is 34.1 Å². The SMILES string of the molecule is O=C1C[C@@H](N2CCN(C/C=C/c3ccccc3)CC2)C(=O)N1c1ccc(Cl)c(Cl)c1. The van der Waals surface area contributed by atoms with Crippen molar-refractivity contribution >= 4 is 46.8 Å². The monoisotopic (exact) mass is 443 g/mol. The molecule has 0 bridgehead atoms. The fraction of sp³-hybridized carbons (Fsp3) is 0.304. The predicted octanol–water partition coefficient (Wildman–Crippen LogP) is 3.96. The largest absolute Gasteiger partial charge is 0.297 e. The molecular weight excluding hydrogens is 421 g/mol. The van der Waals surface area contributed by atoms with Crippen molar-refractivity contribution in [2.24, 2.45) is 0 Å². The summed E-state index contributed by atoms with van der Waals surface area (Å²) < 4.78 is 0. The smallest absolute Gasteiger partial charge is 0.251 e. The third-order valence-corrected chi connectivity index (χ3v) is 6.34. The van der Waals surface area contributed by atoms with E-state index in [1.807, 2.05) is 18.2 Å². The highest BCUT2D eigenvalue weighted by Crippen LogP contribution is 2.31. The summed E-state index contributed by atoms with van der Waals surface area (Å²) in [6, 6.07) is 14.6. The molecule has 0 N–H and O–H groups in total. The number of amides is 2. The first-order valence-electron chi connectivity index (χ1n) is 10.0. The minimum Gasteiger partial charge on any atom is -0.297 e. The van der Waals surface area contributed by atoms with Gasteiger partial charge in [0.2, 0.25) is 5.91 Å². The maximum atomic E-state index is 13.0. The van der Waals surface area contributed by atoms with Crippen LogP contribution in [0.4, 0.5) is 5.69 Å². The predicted molar refractivity (Wildman–Crippen MR) is 121 cm³/mol. The van der Waals surface area contributed by atoms with Crippen LogP contribution in [0, 0.1) is 0 Å². The molecule has 1 atom stereocenters. The summed E-state index contributed by atoms with van der Waals surface area (Å²) in [5.41, 5.74) is 1.67. The summed E-state index contributed by atoms with van der Waals surface area (Å²) in [6.07, 6.45) is 4.49. The third-order valence-electron chi connectivity index (χ3n) is 5.61. The Morgan fingerprint density at radius 3 is 2.37 bits per heavy atom. The van der Waals surface area contributed by atoms with Crippen LogP contribution < -0.4 is 4.90 Å². The molecule has 4 rings (SSSR count). The van der Waals surface area contributed by atoms with Gasteiger partial charge in [0.1, 0.15) is 0 Å². The second-order valence-electron chi connectivity index (χ2n) is 7.54. The molecule has 0 saturated carbocycles. The number of anilines is 1. The molecule has 2 aliphatic heterocycles. The van der Waals surface area contributed by atoms with Gasteiger partial charge in [0.05, 0.1) is 28.2 Å². The fourth-order valence-corrected chi connectivity index (χ4v) is 4.25. The Kier molecular flexibility index (Phi) is 6.54. The van der Waals surface area contributed by atoms with Crippen LogP contribution in [0.3, 0.4) is 0 Å². The first-order chi connectivity index (χ1) is 14.5. The minimum absolute atomic E-state index is 0.184. The highest BCUT2D eigenvalue weighted by Gasteiger charge is 2.43. The molecule has 2 aromatic rings. The molecule has 0 aromatic heterocycles. The zero-order chi connectivity index (χ0) is 21.1. The fourth-order valence-electron chi connectivity index (χ4n) is 3.96. The normalized spacial score (nSPS) is 21.1. The summed E-state index contributed by atoms with van der Waals surface area (Å²) in [5.74, 6) is -0.382. The van der Waals surface area contributed by atoms with Gasteiger partial charge < -0.3 is 0 Å². The second-order valence-corrected chi connectivity index (χ2v) is 8.35. The lowest BCUT2D eigenvalue weighted by Gasteiger charge is -2.36. The van der Waals surface area contributed by atoms with E-state index < -0.39 is 6.04 Å². The molecule has 7 heteroatoms. The van der Waals surface area contributed by atoms with Gasteiger partial charge in [0.25, 0.3) is 5.91 Å². The van der Waals surface area contributed by atoms with Crippen molar-refractivity contribution in [3.8, 4) is 0 Å². The van der Waals surface area contributed by atoms with Gasteiger partial charge in [-0.25, -0.2) is 4.90 Å². The van der Waals surface area contributed by atoms with Gasteiger partial charge in [-0.3, -0.25) is 19.4 Å². The van der Waals surface area contributed by atoms with Crippen molar-refractivity contribution in [2.75, 3.05) is 37.6 Å². The van der Waals surface area contributed by atoms with Crippen LogP contribution in [0.5, 0.6) is 0 Å². The van der Waals surface area contributed by atoms with Gasteiger partial charge in [-0.2, -0.15) is 0 Å². The van der Waals surface area contributed by atoms with Crippen LogP contribution in [0.25, 0.3) is 6.08 Å². The van der Waals surface area contributed by atoms with Gasteiger partial charge >= 0.3 is 0 Å². The van der Waals surface area contributed by atoms with Crippen molar-refractivity contribution in [2.45, 2.75) is 12.5 Å². The Labute approximate surface area is 186 Å². The van der Waals surface area contributed by atoms with Crippen LogP contribution in [-0.2, 0) is 9.59 Å². The Hall–Kier alpha value is -2.18. The maximum absolute atomic E-state index is 13.0. The van der Waals surface area contributed by atoms with Crippen molar-refractivity contribution in [1.82, 2.24) is 9.80 Å². The molecule has 2 amide bonds. The Bertz CT molecular complexity index is 956. The van der Waals surface area contributed by atoms with E-state index in [0.717, 1.165) is 32.7 Å². The minimum atomic E-state index is -0.408. The van der Waals surface area contributed by atoms with Crippen molar-refractivity contribution < 1.29 is 9.59 Å². The number of piperazine rings is 1. The molecule has 5 nitrogen and oxygen atoms in total. The van der Waals surface area contributed by atoms with E-state index in [4.69, 9.17) is 23.2 Å². The van der Waals surface area contributed by atoms with E-state index in [9.17, 15) is 9.59 Å². The molecule has 0 unspecified atom stereocenters. The molecule has 2 fully saturated rings. The quantitative estimate of drug-likeness (QED) is 0.656. The molecule has 30 heavy (non-hydrogen) atoms. The topological polar surface area (TPSA) is 43.9 Å². The lowest BCUT2D eigenvalue weighted by molar-refractivity contribution is -0.123. The lowest BCUT2D eigenvalue weighted by atomic mass is 10.1. The third kappa shape index (κ3) is 4.60. The zero-order valence-corrected chi connectivity index (χ0v) is 18.0. The number of rotatable bonds is 5.